The Morgan fingerprint density at radius 1 is 1.15 bits per heavy atom. The lowest BCUT2D eigenvalue weighted by Gasteiger charge is -2.51. The number of hydrogen-bond donors (Lipinski definition) is 3. The number of hydrogen-bond acceptors (Lipinski definition) is 4. The molecule has 1 amide bonds. The predicted molar refractivity (Wildman–Crippen MR) is 74.4 cm³/mol. The fraction of sp³-hybridized carbons (Fsp3) is 0.857. The van der Waals surface area contributed by atoms with E-state index < -0.39 is 17.0 Å². The van der Waals surface area contributed by atoms with Crippen molar-refractivity contribution in [3.63, 3.8) is 0 Å². The Kier molecular flexibility index (Phi) is 5.15. The van der Waals surface area contributed by atoms with Gasteiger partial charge in [0.1, 0.15) is 0 Å². The number of rotatable bonds is 5. The van der Waals surface area contributed by atoms with Crippen molar-refractivity contribution in [1.82, 2.24) is 10.4 Å². The Bertz CT molecular complexity index is 361. The highest BCUT2D eigenvalue weighted by Gasteiger charge is 2.45. The van der Waals surface area contributed by atoms with E-state index in [1.807, 2.05) is 27.7 Å². The number of carbonyl (C=O) groups is 2. The minimum Gasteiger partial charge on any atom is -0.481 e. The van der Waals surface area contributed by atoms with E-state index in [9.17, 15) is 14.8 Å². The lowest BCUT2D eigenvalue weighted by Crippen LogP contribution is -2.62. The zero-order chi connectivity index (χ0) is 15.6. The van der Waals surface area contributed by atoms with Gasteiger partial charge in [-0.1, -0.05) is 0 Å². The van der Waals surface area contributed by atoms with Crippen molar-refractivity contribution in [2.24, 2.45) is 0 Å². The van der Waals surface area contributed by atoms with E-state index in [1.165, 1.54) is 5.06 Å². The molecule has 0 aromatic rings. The van der Waals surface area contributed by atoms with Gasteiger partial charge in [0.05, 0.1) is 0 Å². The average Bonchev–Trinajstić information content (AvgIpc) is 2.24. The summed E-state index contributed by atoms with van der Waals surface area (Å²) in [5.74, 6) is -0.997. The van der Waals surface area contributed by atoms with Crippen molar-refractivity contribution < 1.29 is 19.9 Å². The lowest BCUT2D eigenvalue weighted by atomic mass is 9.79. The van der Waals surface area contributed by atoms with Crippen LogP contribution in [0.25, 0.3) is 0 Å². The third kappa shape index (κ3) is 4.45. The highest BCUT2D eigenvalue weighted by atomic mass is 16.5. The zero-order valence-corrected chi connectivity index (χ0v) is 12.8. The number of aliphatic carboxylic acids is 1. The van der Waals surface area contributed by atoms with Crippen LogP contribution in [-0.4, -0.2) is 44.4 Å². The first-order valence-corrected chi connectivity index (χ1v) is 7.05. The number of carbonyl (C=O) groups excluding carboxylic acids is 1. The smallest absolute Gasteiger partial charge is 0.303 e. The van der Waals surface area contributed by atoms with Gasteiger partial charge in [-0.2, -0.15) is 5.06 Å². The van der Waals surface area contributed by atoms with Crippen LogP contribution >= 0.6 is 0 Å². The van der Waals surface area contributed by atoms with E-state index in [2.05, 4.69) is 5.32 Å². The largest absolute Gasteiger partial charge is 0.481 e. The number of piperidine rings is 1. The van der Waals surface area contributed by atoms with Gasteiger partial charge in [0.15, 0.2) is 0 Å². The normalized spacial score (nSPS) is 22.4. The molecule has 1 rings (SSSR count). The second-order valence-corrected chi connectivity index (χ2v) is 6.86. The van der Waals surface area contributed by atoms with Gasteiger partial charge >= 0.3 is 5.97 Å². The minimum absolute atomic E-state index is 0.000674. The van der Waals surface area contributed by atoms with Crippen LogP contribution in [0, 0.1) is 0 Å². The predicted octanol–water partition coefficient (Wildman–Crippen LogP) is 1.77. The van der Waals surface area contributed by atoms with Crippen molar-refractivity contribution >= 4 is 11.9 Å². The van der Waals surface area contributed by atoms with E-state index in [0.29, 0.717) is 19.3 Å². The van der Waals surface area contributed by atoms with Gasteiger partial charge in [-0.25, -0.2) is 0 Å². The number of hydroxylamine groups is 2. The van der Waals surface area contributed by atoms with Gasteiger partial charge < -0.3 is 15.6 Å². The van der Waals surface area contributed by atoms with Crippen LogP contribution in [0.3, 0.4) is 0 Å². The minimum atomic E-state index is -0.881. The van der Waals surface area contributed by atoms with Crippen LogP contribution in [0.1, 0.15) is 59.8 Å². The van der Waals surface area contributed by atoms with Gasteiger partial charge in [-0.05, 0) is 47.0 Å². The number of amides is 1. The highest BCUT2D eigenvalue weighted by Crippen LogP contribution is 2.36. The SMILES string of the molecule is CC1(C)CC(NC(=O)CCCC(=O)O)CC(C)(C)N1O. The number of nitrogens with zero attached hydrogens (tertiary/aromatic N) is 1. The molecule has 0 atom stereocenters. The zero-order valence-electron chi connectivity index (χ0n) is 12.8. The Morgan fingerprint density at radius 3 is 2.10 bits per heavy atom. The van der Waals surface area contributed by atoms with Gasteiger partial charge in [0.25, 0.3) is 0 Å². The van der Waals surface area contributed by atoms with E-state index in [-0.39, 0.29) is 24.8 Å². The summed E-state index contributed by atoms with van der Waals surface area (Å²) in [6, 6.07) is 0.000674. The quantitative estimate of drug-likeness (QED) is 0.716. The summed E-state index contributed by atoms with van der Waals surface area (Å²) in [6.45, 7) is 7.77. The molecule has 1 heterocycles. The molecule has 0 unspecified atom stereocenters. The van der Waals surface area contributed by atoms with Crippen molar-refractivity contribution in [1.29, 1.82) is 0 Å². The fourth-order valence-corrected chi connectivity index (χ4v) is 3.07. The second kappa shape index (κ2) is 6.10. The molecule has 0 saturated carbocycles. The molecule has 1 saturated heterocycles. The number of carboxylic acid groups (broad SMARTS) is 1. The molecule has 1 fully saturated rings. The van der Waals surface area contributed by atoms with E-state index in [0.717, 1.165) is 0 Å². The van der Waals surface area contributed by atoms with Crippen molar-refractivity contribution in [2.75, 3.05) is 0 Å². The molecular weight excluding hydrogens is 260 g/mol. The maximum absolute atomic E-state index is 11.8. The molecular formula is C14H26N2O4. The molecule has 20 heavy (non-hydrogen) atoms. The molecule has 0 radical (unpaired) electrons. The fourth-order valence-electron chi connectivity index (χ4n) is 3.07. The van der Waals surface area contributed by atoms with Gasteiger partial charge in [0, 0.05) is 30.0 Å². The van der Waals surface area contributed by atoms with Crippen molar-refractivity contribution in [3.05, 3.63) is 0 Å². The topological polar surface area (TPSA) is 89.9 Å². The van der Waals surface area contributed by atoms with Gasteiger partial charge in [0.2, 0.25) is 5.91 Å². The molecule has 6 nitrogen and oxygen atoms in total. The molecule has 0 bridgehead atoms. The summed E-state index contributed by atoms with van der Waals surface area (Å²) < 4.78 is 0. The summed E-state index contributed by atoms with van der Waals surface area (Å²) in [6.07, 6.45) is 1.92. The van der Waals surface area contributed by atoms with Crippen molar-refractivity contribution in [2.45, 2.75) is 76.9 Å². The number of carboxylic acids is 1. The summed E-state index contributed by atoms with van der Waals surface area (Å²) in [5.41, 5.74) is -0.804. The molecule has 1 aliphatic rings. The van der Waals surface area contributed by atoms with Crippen LogP contribution in [0.5, 0.6) is 0 Å². The molecule has 3 N–H and O–H groups in total. The Balaban J connectivity index is 2.52. The molecule has 0 aromatic carbocycles. The summed E-state index contributed by atoms with van der Waals surface area (Å²) >= 11 is 0. The van der Waals surface area contributed by atoms with Crippen LogP contribution in [-0.2, 0) is 9.59 Å². The Labute approximate surface area is 120 Å². The highest BCUT2D eigenvalue weighted by molar-refractivity contribution is 5.77. The second-order valence-electron chi connectivity index (χ2n) is 6.86. The molecule has 0 aromatic heterocycles. The Hall–Kier alpha value is -1.14. The standard InChI is InChI=1S/C14H26N2O4/c1-13(2)8-10(9-14(3,4)16(13)20)15-11(17)6-5-7-12(18)19/h10,20H,5-9H2,1-4H3,(H,15,17)(H,18,19). The first-order chi connectivity index (χ1) is 9.04. The van der Waals surface area contributed by atoms with E-state index >= 15 is 0 Å². The monoisotopic (exact) mass is 286 g/mol. The van der Waals surface area contributed by atoms with E-state index in [4.69, 9.17) is 5.11 Å². The summed E-state index contributed by atoms with van der Waals surface area (Å²) in [7, 11) is 0. The maximum atomic E-state index is 11.8. The molecule has 0 aliphatic carbocycles. The average molecular weight is 286 g/mol. The van der Waals surface area contributed by atoms with Gasteiger partial charge in [-0.15, -0.1) is 0 Å². The van der Waals surface area contributed by atoms with Crippen LogP contribution < -0.4 is 5.32 Å². The van der Waals surface area contributed by atoms with Crippen LogP contribution in [0.4, 0.5) is 0 Å². The number of nitrogens with one attached hydrogen (secondary N) is 1. The third-order valence-electron chi connectivity index (χ3n) is 3.80. The maximum Gasteiger partial charge on any atom is 0.303 e. The Morgan fingerprint density at radius 2 is 1.65 bits per heavy atom. The van der Waals surface area contributed by atoms with E-state index in [1.54, 1.807) is 0 Å². The molecule has 1 aliphatic heterocycles. The van der Waals surface area contributed by atoms with Crippen LogP contribution in [0.15, 0.2) is 0 Å². The van der Waals surface area contributed by atoms with Gasteiger partial charge in [-0.3, -0.25) is 9.59 Å². The molecule has 6 heteroatoms. The first kappa shape index (κ1) is 16.9. The van der Waals surface area contributed by atoms with Crippen molar-refractivity contribution in [3.8, 4) is 0 Å². The lowest BCUT2D eigenvalue weighted by molar-refractivity contribution is -0.246. The molecule has 116 valence electrons. The summed E-state index contributed by atoms with van der Waals surface area (Å²) in [5, 5.41) is 23.0. The first-order valence-electron chi connectivity index (χ1n) is 7.05. The molecule has 0 spiro atoms. The third-order valence-corrected chi connectivity index (χ3v) is 3.80. The summed E-state index contributed by atoms with van der Waals surface area (Å²) in [4.78, 5) is 22.2. The van der Waals surface area contributed by atoms with Crippen LogP contribution in [0.2, 0.25) is 0 Å².